The zero-order valence-electron chi connectivity index (χ0n) is 14.8. The van der Waals surface area contributed by atoms with Crippen LogP contribution in [0, 0.1) is 5.92 Å². The van der Waals surface area contributed by atoms with Crippen molar-refractivity contribution < 1.29 is 9.48 Å². The van der Waals surface area contributed by atoms with Crippen molar-refractivity contribution in [1.82, 2.24) is 10.3 Å². The smallest absolute Gasteiger partial charge is 0.321 e. The van der Waals surface area contributed by atoms with Crippen LogP contribution in [0.1, 0.15) is 18.2 Å². The third kappa shape index (κ3) is 3.19. The summed E-state index contributed by atoms with van der Waals surface area (Å²) >= 11 is 7.77. The van der Waals surface area contributed by atoms with Crippen molar-refractivity contribution >= 4 is 40.4 Å². The van der Waals surface area contributed by atoms with Crippen LogP contribution in [0.3, 0.4) is 0 Å². The lowest BCUT2D eigenvalue weighted by molar-refractivity contribution is -0.555. The van der Waals surface area contributed by atoms with E-state index in [4.69, 9.17) is 11.6 Å². The fraction of sp³-hybridized carbons (Fsp3) is 0.368. The van der Waals surface area contributed by atoms with Crippen molar-refractivity contribution in [3.05, 3.63) is 51.7 Å². The maximum Gasteiger partial charge on any atom is 0.322 e. The number of amides is 2. The van der Waals surface area contributed by atoms with Gasteiger partial charge >= 0.3 is 6.03 Å². The molecule has 2 amide bonds. The van der Waals surface area contributed by atoms with Crippen molar-refractivity contribution in [3.63, 3.8) is 0 Å². The Labute approximate surface area is 162 Å². The van der Waals surface area contributed by atoms with Crippen LogP contribution in [0.4, 0.5) is 10.5 Å². The van der Waals surface area contributed by atoms with Crippen LogP contribution in [0.5, 0.6) is 0 Å². The molecule has 0 saturated carbocycles. The number of hydrazine groups is 1. The molecular formula is C19H22ClN4OS+. The number of nitrogens with zero attached hydrogens (tertiary/aromatic N) is 2. The summed E-state index contributed by atoms with van der Waals surface area (Å²) in [4.78, 5) is 16.1. The molecule has 2 aliphatic heterocycles. The van der Waals surface area contributed by atoms with E-state index in [-0.39, 0.29) is 12.1 Å². The van der Waals surface area contributed by atoms with Gasteiger partial charge in [-0.25, -0.2) is 4.79 Å². The Balaban J connectivity index is 1.54. The number of likely N-dealkylation sites (tertiary alicyclic amines) is 1. The summed E-state index contributed by atoms with van der Waals surface area (Å²) in [6.07, 6.45) is 0.923. The molecule has 2 unspecified atom stereocenters. The summed E-state index contributed by atoms with van der Waals surface area (Å²) in [7, 11) is 2.06. The first kappa shape index (κ1) is 17.4. The lowest BCUT2D eigenvalue weighted by Gasteiger charge is -2.38. The number of piperidine rings is 1. The maximum absolute atomic E-state index is 12.9. The van der Waals surface area contributed by atoms with E-state index in [9.17, 15) is 4.79 Å². The Morgan fingerprint density at radius 2 is 2.23 bits per heavy atom. The quantitative estimate of drug-likeness (QED) is 0.770. The van der Waals surface area contributed by atoms with E-state index in [0.29, 0.717) is 23.5 Å². The molecule has 1 saturated heterocycles. The van der Waals surface area contributed by atoms with Gasteiger partial charge in [0.15, 0.2) is 7.05 Å². The highest BCUT2D eigenvalue weighted by Crippen LogP contribution is 2.31. The van der Waals surface area contributed by atoms with Gasteiger partial charge < -0.3 is 10.2 Å². The summed E-state index contributed by atoms with van der Waals surface area (Å²) in [5.41, 5.74) is 5.57. The fourth-order valence-electron chi connectivity index (χ4n) is 3.98. The molecule has 0 aliphatic carbocycles. The number of nitrogens with one attached hydrogen (secondary N) is 2. The molecule has 2 aromatic rings. The molecule has 0 radical (unpaired) electrons. The Morgan fingerprint density at radius 3 is 2.96 bits per heavy atom. The number of carbonyl (C=O) groups is 1. The molecule has 1 aromatic carbocycles. The molecule has 1 aromatic heterocycles. The monoisotopic (exact) mass is 389 g/mol. The molecular weight excluding hydrogens is 368 g/mol. The number of fused-ring (bicyclic) bond motifs is 1. The van der Waals surface area contributed by atoms with Crippen molar-refractivity contribution in [2.45, 2.75) is 25.4 Å². The second kappa shape index (κ2) is 6.93. The van der Waals surface area contributed by atoms with E-state index < -0.39 is 0 Å². The zero-order valence-corrected chi connectivity index (χ0v) is 16.3. The zero-order chi connectivity index (χ0) is 18.3. The van der Waals surface area contributed by atoms with Gasteiger partial charge in [0.1, 0.15) is 0 Å². The minimum Gasteiger partial charge on any atom is -0.321 e. The lowest BCUT2D eigenvalue weighted by Crippen LogP contribution is -2.54. The van der Waals surface area contributed by atoms with E-state index in [1.54, 1.807) is 23.5 Å². The third-order valence-electron chi connectivity index (χ3n) is 5.19. The van der Waals surface area contributed by atoms with Gasteiger partial charge in [0.05, 0.1) is 16.8 Å². The summed E-state index contributed by atoms with van der Waals surface area (Å²) in [5.74, 6) is 0.292. The normalized spacial score (nSPS) is 25.0. The number of carbonyl (C=O) groups excluding carboxylic acids is 1. The topological polar surface area (TPSA) is 47.4 Å². The largest absolute Gasteiger partial charge is 0.322 e. The van der Waals surface area contributed by atoms with Crippen LogP contribution in [-0.2, 0) is 0 Å². The van der Waals surface area contributed by atoms with Crippen molar-refractivity contribution in [2.75, 3.05) is 18.9 Å². The van der Waals surface area contributed by atoms with Crippen molar-refractivity contribution in [3.8, 4) is 0 Å². The van der Waals surface area contributed by atoms with Crippen molar-refractivity contribution in [2.24, 2.45) is 5.92 Å². The van der Waals surface area contributed by atoms with Gasteiger partial charge in [-0.2, -0.15) is 5.43 Å². The second-order valence-electron chi connectivity index (χ2n) is 6.94. The highest BCUT2D eigenvalue weighted by molar-refractivity contribution is 7.12. The molecule has 2 N–H and O–H groups in total. The van der Waals surface area contributed by atoms with Gasteiger partial charge in [-0.15, -0.1) is 16.0 Å². The summed E-state index contributed by atoms with van der Waals surface area (Å²) in [6, 6.07) is 11.9. The minimum absolute atomic E-state index is 0.0710. The number of halogens is 1. The average Bonchev–Trinajstić information content (AvgIpc) is 3.20. The number of rotatable bonds is 2. The first-order valence-corrected chi connectivity index (χ1v) is 10.0. The molecule has 5 nitrogen and oxygen atoms in total. The van der Waals surface area contributed by atoms with Gasteiger partial charge in [-0.1, -0.05) is 23.7 Å². The van der Waals surface area contributed by atoms with Crippen LogP contribution in [0.2, 0.25) is 5.02 Å². The molecule has 136 valence electrons. The molecule has 2 aliphatic rings. The Kier molecular flexibility index (Phi) is 4.63. The molecule has 1 fully saturated rings. The number of hydrazone groups is 1. The first-order valence-electron chi connectivity index (χ1n) is 8.76. The lowest BCUT2D eigenvalue weighted by atomic mass is 9.86. The standard InChI is InChI=1S/C19H21ClN4OS/c1-12-9-16-15(18(23(2)22-16)17-7-4-8-26-17)11-24(12)19(25)21-14-6-3-5-13(20)10-14/h3-8,10,12,15-16,22H,9,11H2,1-2H3/p+1/t12-,15?,16?/m0/s1. The molecule has 4 rings (SSSR count). The van der Waals surface area contributed by atoms with E-state index in [2.05, 4.69) is 46.9 Å². The Hall–Kier alpha value is -2.05. The minimum atomic E-state index is -0.0710. The maximum atomic E-state index is 12.9. The van der Waals surface area contributed by atoms with Gasteiger partial charge in [0.25, 0.3) is 0 Å². The van der Waals surface area contributed by atoms with Gasteiger partial charge in [0.2, 0.25) is 5.71 Å². The van der Waals surface area contributed by atoms with Crippen LogP contribution in [0.25, 0.3) is 0 Å². The number of benzene rings is 1. The third-order valence-corrected chi connectivity index (χ3v) is 6.32. The predicted octanol–water partition coefficient (Wildman–Crippen LogP) is 3.66. The van der Waals surface area contributed by atoms with E-state index in [0.717, 1.165) is 12.1 Å². The molecule has 7 heteroatoms. The van der Waals surface area contributed by atoms with Gasteiger partial charge in [-0.05, 0) is 43.0 Å². The molecule has 3 heterocycles. The Bertz CT molecular complexity index is 851. The van der Waals surface area contributed by atoms with E-state index >= 15 is 0 Å². The number of hydrogen-bond donors (Lipinski definition) is 2. The first-order chi connectivity index (χ1) is 12.5. The predicted molar refractivity (Wildman–Crippen MR) is 106 cm³/mol. The van der Waals surface area contributed by atoms with Gasteiger partial charge in [-0.3, -0.25) is 0 Å². The van der Waals surface area contributed by atoms with Crippen LogP contribution in [-0.4, -0.2) is 47.0 Å². The van der Waals surface area contributed by atoms with Crippen LogP contribution >= 0.6 is 22.9 Å². The number of urea groups is 1. The summed E-state index contributed by atoms with van der Waals surface area (Å²) in [6.45, 7) is 2.81. The van der Waals surface area contributed by atoms with E-state index in [1.807, 2.05) is 17.0 Å². The molecule has 0 spiro atoms. The second-order valence-corrected chi connectivity index (χ2v) is 8.33. The van der Waals surface area contributed by atoms with Gasteiger partial charge in [0, 0.05) is 23.3 Å². The number of anilines is 1. The molecule has 26 heavy (non-hydrogen) atoms. The van der Waals surface area contributed by atoms with Crippen LogP contribution < -0.4 is 10.7 Å². The molecule has 0 bridgehead atoms. The molecule has 3 atom stereocenters. The highest BCUT2D eigenvalue weighted by Gasteiger charge is 2.48. The Morgan fingerprint density at radius 1 is 1.38 bits per heavy atom. The van der Waals surface area contributed by atoms with Crippen molar-refractivity contribution in [1.29, 1.82) is 0 Å². The SMILES string of the molecule is C[C@H]1CC2N[N+](C)=C(c3cccs3)C2CN1C(=O)Nc1cccc(Cl)c1. The van der Waals surface area contributed by atoms with Crippen LogP contribution in [0.15, 0.2) is 41.8 Å². The van der Waals surface area contributed by atoms with E-state index in [1.165, 1.54) is 10.6 Å². The average molecular weight is 390 g/mol. The summed E-state index contributed by atoms with van der Waals surface area (Å²) < 4.78 is 2.13. The fourth-order valence-corrected chi connectivity index (χ4v) is 5.04. The number of thiophene rings is 1. The number of hydrogen-bond acceptors (Lipinski definition) is 3. The highest BCUT2D eigenvalue weighted by atomic mass is 35.5. The summed E-state index contributed by atoms with van der Waals surface area (Å²) in [5, 5.41) is 5.70.